The summed E-state index contributed by atoms with van der Waals surface area (Å²) in [6.45, 7) is 0. The van der Waals surface area contributed by atoms with Crippen molar-refractivity contribution in [3.05, 3.63) is 68.6 Å². The molecule has 6 heteroatoms. The molecule has 0 aliphatic carbocycles. The summed E-state index contributed by atoms with van der Waals surface area (Å²) in [5.41, 5.74) is 2.09. The van der Waals surface area contributed by atoms with Gasteiger partial charge in [0, 0.05) is 21.7 Å². The molecule has 1 aromatic heterocycles. The minimum Gasteiger partial charge on any atom is -0.506 e. The Morgan fingerprint density at radius 3 is 2.25 bits per heavy atom. The molecule has 0 aliphatic heterocycles. The third-order valence-corrected chi connectivity index (χ3v) is 4.61. The minimum atomic E-state index is -0.170. The molecule has 2 aromatic carbocycles. The largest absolute Gasteiger partial charge is 0.506 e. The third kappa shape index (κ3) is 3.11. The number of pyridine rings is 1. The Bertz CT molecular complexity index is 946. The van der Waals surface area contributed by atoms with Crippen molar-refractivity contribution in [1.82, 2.24) is 4.98 Å². The van der Waals surface area contributed by atoms with Gasteiger partial charge in [-0.1, -0.05) is 57.3 Å². The highest BCUT2D eigenvalue weighted by Gasteiger charge is 2.17. The maximum atomic E-state index is 10.3. The topological polar surface area (TPSA) is 56.9 Å². The summed E-state index contributed by atoms with van der Waals surface area (Å²) in [5, 5.41) is 20.5. The fourth-order valence-corrected chi connectivity index (χ4v) is 3.18. The molecule has 3 nitrogen and oxygen atoms in total. The summed E-state index contributed by atoms with van der Waals surface area (Å²) in [6, 6.07) is 15.8. The van der Waals surface area contributed by atoms with Crippen LogP contribution in [0.4, 0.5) is 0 Å². The quantitative estimate of drug-likeness (QED) is 0.548. The van der Waals surface area contributed by atoms with Gasteiger partial charge in [0.1, 0.15) is 17.4 Å². The number of rotatable bonds is 2. The first-order chi connectivity index (χ1) is 11.5. The van der Waals surface area contributed by atoms with Gasteiger partial charge in [0.15, 0.2) is 0 Å². The van der Waals surface area contributed by atoms with Crippen LogP contribution in [-0.2, 0) is 0 Å². The fourth-order valence-electron chi connectivity index (χ4n) is 2.33. The second-order valence-corrected chi connectivity index (χ2v) is 6.70. The lowest BCUT2D eigenvalue weighted by atomic mass is 10.0. The SMILES string of the molecule is N#Cc1c(O)cc(-c2c(Cl)cccc2Cl)nc1-c1ccc(Br)cc1. The van der Waals surface area contributed by atoms with Gasteiger partial charge in [-0.25, -0.2) is 4.98 Å². The highest BCUT2D eigenvalue weighted by Crippen LogP contribution is 2.38. The van der Waals surface area contributed by atoms with Crippen LogP contribution in [0.3, 0.4) is 0 Å². The molecule has 3 rings (SSSR count). The molecule has 1 heterocycles. The Hall–Kier alpha value is -2.06. The molecule has 118 valence electrons. The van der Waals surface area contributed by atoms with Crippen LogP contribution in [0.2, 0.25) is 10.0 Å². The first-order valence-corrected chi connectivity index (χ1v) is 8.40. The lowest BCUT2D eigenvalue weighted by Gasteiger charge is -2.11. The van der Waals surface area contributed by atoms with Crippen LogP contribution in [0.25, 0.3) is 22.5 Å². The zero-order valence-corrected chi connectivity index (χ0v) is 15.2. The molecule has 0 bridgehead atoms. The van der Waals surface area contributed by atoms with Gasteiger partial charge in [0.25, 0.3) is 0 Å². The number of benzene rings is 2. The standard InChI is InChI=1S/C18H9BrCl2N2O/c19-11-6-4-10(5-7-11)18-12(9-22)16(24)8-15(23-18)17-13(20)2-1-3-14(17)21/h1-8H,(H,23,24). The van der Waals surface area contributed by atoms with Crippen LogP contribution in [0.1, 0.15) is 5.56 Å². The average molecular weight is 420 g/mol. The van der Waals surface area contributed by atoms with Gasteiger partial charge in [-0.3, -0.25) is 0 Å². The Labute approximate surface area is 157 Å². The van der Waals surface area contributed by atoms with Crippen molar-refractivity contribution in [3.8, 4) is 34.3 Å². The van der Waals surface area contributed by atoms with E-state index in [-0.39, 0.29) is 11.3 Å². The van der Waals surface area contributed by atoms with Crippen LogP contribution in [0, 0.1) is 11.3 Å². The van der Waals surface area contributed by atoms with E-state index in [1.54, 1.807) is 18.2 Å². The maximum Gasteiger partial charge on any atom is 0.137 e. The first kappa shape index (κ1) is 16.8. The van der Waals surface area contributed by atoms with E-state index in [4.69, 9.17) is 23.2 Å². The molecular formula is C18H9BrCl2N2O. The summed E-state index contributed by atoms with van der Waals surface area (Å²) in [5.74, 6) is -0.170. The van der Waals surface area contributed by atoms with Crippen LogP contribution in [0.15, 0.2) is 53.0 Å². The molecule has 3 aromatic rings. The van der Waals surface area contributed by atoms with Gasteiger partial charge in [-0.15, -0.1) is 0 Å². The number of aromatic hydroxyl groups is 1. The van der Waals surface area contributed by atoms with E-state index in [9.17, 15) is 10.4 Å². The van der Waals surface area contributed by atoms with E-state index in [0.717, 1.165) is 4.47 Å². The highest BCUT2D eigenvalue weighted by molar-refractivity contribution is 9.10. The number of hydrogen-bond acceptors (Lipinski definition) is 3. The number of aromatic nitrogens is 1. The van der Waals surface area contributed by atoms with E-state index in [0.29, 0.717) is 32.6 Å². The van der Waals surface area contributed by atoms with E-state index >= 15 is 0 Å². The second-order valence-electron chi connectivity index (χ2n) is 4.97. The normalized spacial score (nSPS) is 10.4. The van der Waals surface area contributed by atoms with Gasteiger partial charge in [0.2, 0.25) is 0 Å². The summed E-state index contributed by atoms with van der Waals surface area (Å²) in [6.07, 6.45) is 0. The molecule has 0 amide bonds. The Kier molecular flexibility index (Phi) is 4.77. The summed E-state index contributed by atoms with van der Waals surface area (Å²) in [4.78, 5) is 4.53. The zero-order chi connectivity index (χ0) is 17.3. The number of hydrogen-bond donors (Lipinski definition) is 1. The molecule has 0 unspecified atom stereocenters. The zero-order valence-electron chi connectivity index (χ0n) is 12.1. The number of nitrogens with zero attached hydrogens (tertiary/aromatic N) is 2. The Morgan fingerprint density at radius 2 is 1.67 bits per heavy atom. The second kappa shape index (κ2) is 6.82. The van der Waals surface area contributed by atoms with Crippen molar-refractivity contribution in [1.29, 1.82) is 5.26 Å². The van der Waals surface area contributed by atoms with Crippen LogP contribution in [0.5, 0.6) is 5.75 Å². The molecular weight excluding hydrogens is 411 g/mol. The van der Waals surface area contributed by atoms with Crippen molar-refractivity contribution >= 4 is 39.1 Å². The Balaban J connectivity index is 2.28. The van der Waals surface area contributed by atoms with Crippen LogP contribution in [-0.4, -0.2) is 10.1 Å². The molecule has 0 saturated carbocycles. The monoisotopic (exact) mass is 418 g/mol. The maximum absolute atomic E-state index is 10.3. The minimum absolute atomic E-state index is 0.101. The molecule has 1 N–H and O–H groups in total. The summed E-state index contributed by atoms with van der Waals surface area (Å²) < 4.78 is 0.902. The molecule has 0 saturated heterocycles. The lowest BCUT2D eigenvalue weighted by Crippen LogP contribution is -1.95. The first-order valence-electron chi connectivity index (χ1n) is 6.85. The summed E-state index contributed by atoms with van der Waals surface area (Å²) in [7, 11) is 0. The smallest absolute Gasteiger partial charge is 0.137 e. The predicted molar refractivity (Wildman–Crippen MR) is 99.2 cm³/mol. The molecule has 0 radical (unpaired) electrons. The van der Waals surface area contributed by atoms with Gasteiger partial charge in [0.05, 0.1) is 21.4 Å². The average Bonchev–Trinajstić information content (AvgIpc) is 2.55. The molecule has 0 fully saturated rings. The van der Waals surface area contributed by atoms with Crippen LogP contribution >= 0.6 is 39.1 Å². The summed E-state index contributed by atoms with van der Waals surface area (Å²) >= 11 is 15.8. The fraction of sp³-hybridized carbons (Fsp3) is 0. The van der Waals surface area contributed by atoms with Crippen molar-refractivity contribution in [3.63, 3.8) is 0 Å². The molecule has 0 spiro atoms. The molecule has 24 heavy (non-hydrogen) atoms. The van der Waals surface area contributed by atoms with Gasteiger partial charge in [-0.2, -0.15) is 5.26 Å². The van der Waals surface area contributed by atoms with Crippen LogP contribution < -0.4 is 0 Å². The number of halogens is 3. The van der Waals surface area contributed by atoms with Crippen molar-refractivity contribution in [2.24, 2.45) is 0 Å². The van der Waals surface area contributed by atoms with E-state index in [2.05, 4.69) is 20.9 Å². The van der Waals surface area contributed by atoms with Gasteiger partial charge in [-0.05, 0) is 24.3 Å². The highest BCUT2D eigenvalue weighted by atomic mass is 79.9. The third-order valence-electron chi connectivity index (χ3n) is 3.45. The lowest BCUT2D eigenvalue weighted by molar-refractivity contribution is 0.473. The predicted octanol–water partition coefficient (Wildman–Crippen LogP) is 6.06. The van der Waals surface area contributed by atoms with Crippen molar-refractivity contribution in [2.75, 3.05) is 0 Å². The van der Waals surface area contributed by atoms with Gasteiger partial charge >= 0.3 is 0 Å². The van der Waals surface area contributed by atoms with E-state index in [1.807, 2.05) is 30.3 Å². The molecule has 0 atom stereocenters. The molecule has 0 aliphatic rings. The van der Waals surface area contributed by atoms with Crippen molar-refractivity contribution < 1.29 is 5.11 Å². The van der Waals surface area contributed by atoms with Gasteiger partial charge < -0.3 is 5.11 Å². The van der Waals surface area contributed by atoms with E-state index in [1.165, 1.54) is 6.07 Å². The van der Waals surface area contributed by atoms with Crippen molar-refractivity contribution in [2.45, 2.75) is 0 Å². The van der Waals surface area contributed by atoms with E-state index < -0.39 is 0 Å². The Morgan fingerprint density at radius 1 is 1.04 bits per heavy atom. The number of nitriles is 1.